The maximum absolute atomic E-state index is 11.3. The Morgan fingerprint density at radius 2 is 2.00 bits per heavy atom. The summed E-state index contributed by atoms with van der Waals surface area (Å²) in [5.74, 6) is -0.261. The summed E-state index contributed by atoms with van der Waals surface area (Å²) in [5.41, 5.74) is 0.441. The topological polar surface area (TPSA) is 34.1 Å². The summed E-state index contributed by atoms with van der Waals surface area (Å²) in [6.45, 7) is 0. The van der Waals surface area contributed by atoms with Crippen molar-refractivity contribution in [3.63, 3.8) is 0 Å². The van der Waals surface area contributed by atoms with Crippen LogP contribution in [0.3, 0.4) is 0 Å². The van der Waals surface area contributed by atoms with Crippen LogP contribution in [0.5, 0.6) is 0 Å². The number of rotatable bonds is 2. The Bertz CT molecular complexity index is 476. The van der Waals surface area contributed by atoms with Crippen molar-refractivity contribution in [1.29, 1.82) is 0 Å². The molecule has 0 radical (unpaired) electrons. The summed E-state index contributed by atoms with van der Waals surface area (Å²) >= 11 is 1.59. The molecule has 0 unspecified atom stereocenters. The highest BCUT2D eigenvalue weighted by molar-refractivity contribution is 7.10. The van der Waals surface area contributed by atoms with Crippen molar-refractivity contribution in [2.75, 3.05) is 0 Å². The molecule has 0 fully saturated rings. The number of ketones is 2. The second-order valence-electron chi connectivity index (χ2n) is 3.05. The fraction of sp³-hybridized carbons (Fsp3) is 0. The minimum atomic E-state index is -0.138. The molecule has 0 saturated heterocycles. The third-order valence-electron chi connectivity index (χ3n) is 1.95. The summed E-state index contributed by atoms with van der Waals surface area (Å²) < 4.78 is 0. The molecule has 0 aliphatic heterocycles. The van der Waals surface area contributed by atoms with E-state index in [-0.39, 0.29) is 11.6 Å². The van der Waals surface area contributed by atoms with Gasteiger partial charge in [-0.1, -0.05) is 6.07 Å². The molecule has 3 heteroatoms. The van der Waals surface area contributed by atoms with Gasteiger partial charge in [-0.2, -0.15) is 0 Å². The van der Waals surface area contributed by atoms with Crippen LogP contribution in [-0.4, -0.2) is 11.6 Å². The van der Waals surface area contributed by atoms with Gasteiger partial charge in [0, 0.05) is 10.5 Å². The molecular weight excluding hydrogens is 208 g/mol. The lowest BCUT2D eigenvalue weighted by Crippen LogP contribution is -2.05. The zero-order valence-electron chi connectivity index (χ0n) is 7.84. The number of carbonyl (C=O) groups is 2. The van der Waals surface area contributed by atoms with Gasteiger partial charge in [0.1, 0.15) is 0 Å². The molecule has 0 aromatic carbocycles. The number of hydrogen-bond donors (Lipinski definition) is 0. The van der Waals surface area contributed by atoms with Crippen LogP contribution in [-0.2, 0) is 9.59 Å². The molecule has 15 heavy (non-hydrogen) atoms. The van der Waals surface area contributed by atoms with E-state index in [1.165, 1.54) is 18.2 Å². The molecule has 1 heterocycles. The zero-order valence-corrected chi connectivity index (χ0v) is 8.66. The summed E-state index contributed by atoms with van der Waals surface area (Å²) in [4.78, 5) is 23.4. The molecule has 0 spiro atoms. The van der Waals surface area contributed by atoms with Crippen LogP contribution in [0.15, 0.2) is 47.4 Å². The first-order chi connectivity index (χ1) is 7.25. The molecule has 1 aromatic rings. The Kier molecular flexibility index (Phi) is 2.74. The molecule has 0 saturated carbocycles. The molecule has 74 valence electrons. The van der Waals surface area contributed by atoms with Gasteiger partial charge in [0.05, 0.1) is 0 Å². The van der Waals surface area contributed by atoms with Gasteiger partial charge in [-0.05, 0) is 41.8 Å². The Balaban J connectivity index is 2.19. The summed E-state index contributed by atoms with van der Waals surface area (Å²) in [6.07, 6.45) is 7.45. The second kappa shape index (κ2) is 4.19. The standard InChI is InChI=1S/C12H8O2S/c13-10-4-6-12(14)9(8-10)3-5-11-2-1-7-15-11/h1-8H/b5-3+. The van der Waals surface area contributed by atoms with Crippen molar-refractivity contribution in [2.45, 2.75) is 0 Å². The lowest BCUT2D eigenvalue weighted by Gasteiger charge is -1.99. The minimum absolute atomic E-state index is 0.123. The first-order valence-corrected chi connectivity index (χ1v) is 5.33. The Morgan fingerprint density at radius 1 is 1.13 bits per heavy atom. The maximum Gasteiger partial charge on any atom is 0.186 e. The predicted octanol–water partition coefficient (Wildman–Crippen LogP) is 2.40. The number of allylic oxidation sites excluding steroid dienone is 5. The fourth-order valence-corrected chi connectivity index (χ4v) is 1.83. The van der Waals surface area contributed by atoms with Gasteiger partial charge in [0.2, 0.25) is 0 Å². The van der Waals surface area contributed by atoms with Crippen LogP contribution in [0.25, 0.3) is 6.08 Å². The van der Waals surface area contributed by atoms with E-state index in [9.17, 15) is 9.59 Å². The van der Waals surface area contributed by atoms with E-state index in [4.69, 9.17) is 0 Å². The molecule has 0 atom stereocenters. The summed E-state index contributed by atoms with van der Waals surface area (Å²) in [5, 5.41) is 1.96. The predicted molar refractivity (Wildman–Crippen MR) is 60.6 cm³/mol. The van der Waals surface area contributed by atoms with Gasteiger partial charge in [-0.25, -0.2) is 0 Å². The van der Waals surface area contributed by atoms with Gasteiger partial charge < -0.3 is 0 Å². The largest absolute Gasteiger partial charge is 0.290 e. The lowest BCUT2D eigenvalue weighted by molar-refractivity contribution is -0.114. The van der Waals surface area contributed by atoms with Gasteiger partial charge >= 0.3 is 0 Å². The normalized spacial score (nSPS) is 16.1. The monoisotopic (exact) mass is 216 g/mol. The van der Waals surface area contributed by atoms with E-state index in [1.54, 1.807) is 17.4 Å². The highest BCUT2D eigenvalue weighted by Crippen LogP contribution is 2.14. The van der Waals surface area contributed by atoms with E-state index in [0.717, 1.165) is 4.88 Å². The first kappa shape index (κ1) is 9.80. The van der Waals surface area contributed by atoms with Gasteiger partial charge in [0.15, 0.2) is 11.6 Å². The van der Waals surface area contributed by atoms with Crippen molar-refractivity contribution >= 4 is 29.0 Å². The zero-order chi connectivity index (χ0) is 10.7. The smallest absolute Gasteiger partial charge is 0.186 e. The van der Waals surface area contributed by atoms with Crippen molar-refractivity contribution in [3.05, 3.63) is 52.3 Å². The van der Waals surface area contributed by atoms with E-state index in [1.807, 2.05) is 23.6 Å². The average molecular weight is 216 g/mol. The van der Waals surface area contributed by atoms with Crippen molar-refractivity contribution in [3.8, 4) is 0 Å². The van der Waals surface area contributed by atoms with Gasteiger partial charge in [-0.3, -0.25) is 9.59 Å². The van der Waals surface area contributed by atoms with Gasteiger partial charge in [0.25, 0.3) is 0 Å². The van der Waals surface area contributed by atoms with E-state index >= 15 is 0 Å². The third kappa shape index (κ3) is 2.39. The van der Waals surface area contributed by atoms with Crippen molar-refractivity contribution in [1.82, 2.24) is 0 Å². The molecule has 2 rings (SSSR count). The lowest BCUT2D eigenvalue weighted by atomic mass is 10.0. The maximum atomic E-state index is 11.3. The summed E-state index contributed by atoms with van der Waals surface area (Å²) in [7, 11) is 0. The quantitative estimate of drug-likeness (QED) is 0.711. The SMILES string of the molecule is O=C1C=CC(=O)C(/C=C/c2cccs2)=C1. The van der Waals surface area contributed by atoms with E-state index in [0.29, 0.717) is 5.57 Å². The number of carbonyl (C=O) groups excluding carboxylic acids is 2. The molecule has 1 aliphatic carbocycles. The van der Waals surface area contributed by atoms with Crippen LogP contribution in [0.1, 0.15) is 4.88 Å². The second-order valence-corrected chi connectivity index (χ2v) is 4.03. The van der Waals surface area contributed by atoms with E-state index < -0.39 is 0 Å². The van der Waals surface area contributed by atoms with Crippen molar-refractivity contribution in [2.24, 2.45) is 0 Å². The molecular formula is C12H8O2S. The average Bonchev–Trinajstić information content (AvgIpc) is 2.72. The van der Waals surface area contributed by atoms with Crippen LogP contribution >= 0.6 is 11.3 Å². The summed E-state index contributed by atoms with van der Waals surface area (Å²) in [6, 6.07) is 3.89. The highest BCUT2D eigenvalue weighted by Gasteiger charge is 2.09. The molecule has 1 aliphatic rings. The molecule has 2 nitrogen and oxygen atoms in total. The fourth-order valence-electron chi connectivity index (χ4n) is 1.21. The Hall–Kier alpha value is -1.74. The molecule has 1 aromatic heterocycles. The highest BCUT2D eigenvalue weighted by atomic mass is 32.1. The van der Waals surface area contributed by atoms with Crippen LogP contribution in [0.2, 0.25) is 0 Å². The third-order valence-corrected chi connectivity index (χ3v) is 2.79. The van der Waals surface area contributed by atoms with Crippen LogP contribution < -0.4 is 0 Å². The molecule has 0 amide bonds. The van der Waals surface area contributed by atoms with Crippen LogP contribution in [0.4, 0.5) is 0 Å². The first-order valence-electron chi connectivity index (χ1n) is 4.45. The molecule has 0 N–H and O–H groups in total. The number of hydrogen-bond acceptors (Lipinski definition) is 3. The van der Waals surface area contributed by atoms with Gasteiger partial charge in [-0.15, -0.1) is 11.3 Å². The number of thiophene rings is 1. The minimum Gasteiger partial charge on any atom is -0.290 e. The van der Waals surface area contributed by atoms with Crippen LogP contribution in [0, 0.1) is 0 Å². The Morgan fingerprint density at radius 3 is 2.73 bits per heavy atom. The van der Waals surface area contributed by atoms with Crippen molar-refractivity contribution < 1.29 is 9.59 Å². The van der Waals surface area contributed by atoms with E-state index in [2.05, 4.69) is 0 Å². The molecule has 0 bridgehead atoms. The Labute approximate surface area is 91.2 Å².